The third-order valence-electron chi connectivity index (χ3n) is 4.59. The van der Waals surface area contributed by atoms with Crippen molar-refractivity contribution in [3.8, 4) is 0 Å². The number of carbonyl (C=O) groups excluding carboxylic acids is 1. The van der Waals surface area contributed by atoms with Crippen molar-refractivity contribution in [3.63, 3.8) is 0 Å². The fraction of sp³-hybridized carbons (Fsp3) is 0.444. The fourth-order valence-corrected chi connectivity index (χ4v) is 3.71. The lowest BCUT2D eigenvalue weighted by Gasteiger charge is -2.31. The van der Waals surface area contributed by atoms with Crippen LogP contribution in [-0.2, 0) is 26.2 Å². The minimum absolute atomic E-state index is 0.261. The van der Waals surface area contributed by atoms with Gasteiger partial charge in [0.1, 0.15) is 10.7 Å². The van der Waals surface area contributed by atoms with Crippen LogP contribution in [0, 0.1) is 0 Å². The van der Waals surface area contributed by atoms with Crippen molar-refractivity contribution in [2.45, 2.75) is 32.1 Å². The average Bonchev–Trinajstić information content (AvgIpc) is 2.89. The largest absolute Gasteiger partial charge is 0.436 e. The van der Waals surface area contributed by atoms with E-state index in [0.717, 1.165) is 24.2 Å². The van der Waals surface area contributed by atoms with Gasteiger partial charge in [-0.15, -0.1) is 0 Å². The number of fused-ring (bicyclic) bond motifs is 1. The molecule has 27 heavy (non-hydrogen) atoms. The van der Waals surface area contributed by atoms with Gasteiger partial charge >= 0.3 is 6.18 Å². The minimum Gasteiger partial charge on any atom is -0.347 e. The molecule has 146 valence electrons. The molecule has 2 aromatic rings. The summed E-state index contributed by atoms with van der Waals surface area (Å²) in [6.45, 7) is 4.04. The van der Waals surface area contributed by atoms with Crippen LogP contribution < -0.4 is 5.32 Å². The van der Waals surface area contributed by atoms with Gasteiger partial charge in [-0.2, -0.15) is 18.3 Å². The summed E-state index contributed by atoms with van der Waals surface area (Å²) in [5.41, 5.74) is 1.04. The van der Waals surface area contributed by atoms with Crippen molar-refractivity contribution in [3.05, 3.63) is 51.8 Å². The van der Waals surface area contributed by atoms with Crippen LogP contribution >= 0.6 is 11.6 Å². The summed E-state index contributed by atoms with van der Waals surface area (Å²) in [5, 5.41) is 5.38. The summed E-state index contributed by atoms with van der Waals surface area (Å²) in [7, 11) is 1.27. The number of alkyl halides is 3. The molecule has 0 fully saturated rings. The van der Waals surface area contributed by atoms with Gasteiger partial charge < -0.3 is 5.32 Å². The number of nitrogens with one attached hydrogen (secondary N) is 1. The van der Waals surface area contributed by atoms with E-state index in [1.807, 2.05) is 19.1 Å². The van der Waals surface area contributed by atoms with E-state index in [0.29, 0.717) is 6.54 Å². The first-order valence-corrected chi connectivity index (χ1v) is 8.94. The smallest absolute Gasteiger partial charge is 0.347 e. The highest BCUT2D eigenvalue weighted by Crippen LogP contribution is 2.35. The molecular weight excluding hydrogens is 381 g/mol. The Morgan fingerprint density at radius 3 is 2.63 bits per heavy atom. The number of nitrogens with zero attached hydrogens (tertiary/aromatic N) is 3. The van der Waals surface area contributed by atoms with Crippen LogP contribution in [0.15, 0.2) is 24.3 Å². The van der Waals surface area contributed by atoms with Crippen LogP contribution in [0.1, 0.15) is 34.2 Å². The van der Waals surface area contributed by atoms with E-state index in [1.165, 1.54) is 18.2 Å². The molecule has 1 aliphatic rings. The van der Waals surface area contributed by atoms with Crippen molar-refractivity contribution >= 4 is 17.5 Å². The zero-order valence-corrected chi connectivity index (χ0v) is 15.7. The number of amides is 1. The predicted octanol–water partition coefficient (Wildman–Crippen LogP) is 3.27. The first kappa shape index (κ1) is 19.7. The van der Waals surface area contributed by atoms with E-state index in [-0.39, 0.29) is 11.7 Å². The molecule has 2 heterocycles. The molecular formula is C18H20ClF3N4O. The van der Waals surface area contributed by atoms with Gasteiger partial charge in [0.2, 0.25) is 0 Å². The lowest BCUT2D eigenvalue weighted by Crippen LogP contribution is -2.44. The molecule has 0 spiro atoms. The molecule has 0 radical (unpaired) electrons. The second-order valence-corrected chi connectivity index (χ2v) is 7.14. The highest BCUT2D eigenvalue weighted by Gasteiger charge is 2.39. The number of benzene rings is 1. The van der Waals surface area contributed by atoms with Gasteiger partial charge in [0.05, 0.1) is 0 Å². The maximum atomic E-state index is 12.9. The quantitative estimate of drug-likeness (QED) is 0.857. The Labute approximate surface area is 160 Å². The summed E-state index contributed by atoms with van der Waals surface area (Å²) in [6, 6.07) is 7.95. The van der Waals surface area contributed by atoms with Gasteiger partial charge in [-0.05, 0) is 24.5 Å². The highest BCUT2D eigenvalue weighted by molar-refractivity contribution is 6.34. The molecule has 1 aromatic heterocycles. The molecule has 1 amide bonds. The topological polar surface area (TPSA) is 50.2 Å². The molecule has 0 saturated carbocycles. The zero-order valence-electron chi connectivity index (χ0n) is 15.0. The number of aryl methyl sites for hydroxylation is 1. The number of halogens is 4. The monoisotopic (exact) mass is 400 g/mol. The van der Waals surface area contributed by atoms with Crippen molar-refractivity contribution < 1.29 is 18.0 Å². The van der Waals surface area contributed by atoms with Crippen LogP contribution in [0.25, 0.3) is 0 Å². The SMILES string of the molecule is CC(CN1CCc2ccccc2C1)NC(=O)c1c(Cl)c(C(F)(F)F)nn1C. The van der Waals surface area contributed by atoms with Gasteiger partial charge in [-0.3, -0.25) is 14.4 Å². The lowest BCUT2D eigenvalue weighted by molar-refractivity contribution is -0.141. The van der Waals surface area contributed by atoms with Crippen molar-refractivity contribution in [2.75, 3.05) is 13.1 Å². The van der Waals surface area contributed by atoms with Crippen LogP contribution in [-0.4, -0.2) is 39.7 Å². The number of hydrogen-bond donors (Lipinski definition) is 1. The van der Waals surface area contributed by atoms with Gasteiger partial charge in [-0.25, -0.2) is 0 Å². The van der Waals surface area contributed by atoms with Crippen LogP contribution in [0.4, 0.5) is 13.2 Å². The first-order chi connectivity index (χ1) is 12.7. The zero-order chi connectivity index (χ0) is 19.8. The van der Waals surface area contributed by atoms with Gasteiger partial charge in [-0.1, -0.05) is 35.9 Å². The van der Waals surface area contributed by atoms with Crippen LogP contribution in [0.2, 0.25) is 5.02 Å². The Kier molecular flexibility index (Phi) is 5.48. The van der Waals surface area contributed by atoms with Crippen molar-refractivity contribution in [1.29, 1.82) is 0 Å². The Morgan fingerprint density at radius 1 is 1.33 bits per heavy atom. The summed E-state index contributed by atoms with van der Waals surface area (Å²) >= 11 is 5.77. The maximum Gasteiger partial charge on any atom is 0.436 e. The Morgan fingerprint density at radius 2 is 2.00 bits per heavy atom. The third-order valence-corrected chi connectivity index (χ3v) is 4.95. The van der Waals surface area contributed by atoms with Crippen LogP contribution in [0.5, 0.6) is 0 Å². The van der Waals surface area contributed by atoms with Crippen LogP contribution in [0.3, 0.4) is 0 Å². The third kappa shape index (κ3) is 4.27. The lowest BCUT2D eigenvalue weighted by atomic mass is 10.00. The van der Waals surface area contributed by atoms with Crippen molar-refractivity contribution in [2.24, 2.45) is 7.05 Å². The molecule has 5 nitrogen and oxygen atoms in total. The number of carbonyl (C=O) groups is 1. The molecule has 3 rings (SSSR count). The van der Waals surface area contributed by atoms with E-state index in [4.69, 9.17) is 11.6 Å². The first-order valence-electron chi connectivity index (χ1n) is 8.56. The standard InChI is InChI=1S/C18H20ClF3N4O/c1-11(9-26-8-7-12-5-3-4-6-13(12)10-26)23-17(27)15-14(19)16(18(20,21)22)24-25(15)2/h3-6,11H,7-10H2,1-2H3,(H,23,27). The van der Waals surface area contributed by atoms with E-state index < -0.39 is 22.8 Å². The molecule has 1 aromatic carbocycles. The summed E-state index contributed by atoms with van der Waals surface area (Å²) < 4.78 is 39.6. The van der Waals surface area contributed by atoms with Crippen molar-refractivity contribution in [1.82, 2.24) is 20.0 Å². The van der Waals surface area contributed by atoms with E-state index in [1.54, 1.807) is 0 Å². The fourth-order valence-electron chi connectivity index (χ4n) is 3.36. The van der Waals surface area contributed by atoms with Gasteiger partial charge in [0.25, 0.3) is 5.91 Å². The Bertz CT molecular complexity index is 850. The average molecular weight is 401 g/mol. The predicted molar refractivity (Wildman–Crippen MR) is 95.6 cm³/mol. The summed E-state index contributed by atoms with van der Waals surface area (Å²) in [6.07, 6.45) is -3.78. The highest BCUT2D eigenvalue weighted by atomic mass is 35.5. The minimum atomic E-state index is -4.71. The molecule has 9 heteroatoms. The normalized spacial score (nSPS) is 16.1. The number of aromatic nitrogens is 2. The Hall–Kier alpha value is -2.06. The second-order valence-electron chi connectivity index (χ2n) is 6.76. The van der Waals surface area contributed by atoms with E-state index in [9.17, 15) is 18.0 Å². The molecule has 1 atom stereocenters. The number of rotatable bonds is 4. The summed E-state index contributed by atoms with van der Waals surface area (Å²) in [5.74, 6) is -0.671. The van der Waals surface area contributed by atoms with E-state index >= 15 is 0 Å². The molecule has 0 aliphatic carbocycles. The molecule has 1 aliphatic heterocycles. The second kappa shape index (κ2) is 7.52. The molecule has 0 bridgehead atoms. The maximum absolute atomic E-state index is 12.9. The van der Waals surface area contributed by atoms with Gasteiger partial charge in [0, 0.05) is 32.7 Å². The van der Waals surface area contributed by atoms with E-state index in [2.05, 4.69) is 27.4 Å². The summed E-state index contributed by atoms with van der Waals surface area (Å²) in [4.78, 5) is 14.6. The number of hydrogen-bond acceptors (Lipinski definition) is 3. The van der Waals surface area contributed by atoms with Gasteiger partial charge in [0.15, 0.2) is 5.69 Å². The molecule has 1 unspecified atom stereocenters. The molecule has 1 N–H and O–H groups in total. The molecule has 0 saturated heterocycles. The Balaban J connectivity index is 1.64.